The molecule has 0 unspecified atom stereocenters. The molecule has 0 aliphatic carbocycles. The van der Waals surface area contributed by atoms with Crippen LogP contribution in [0.1, 0.15) is 26.2 Å². The number of Topliss-reactive ketones (excluding diaryl/α,β-unsaturated/α-hetero) is 1. The van der Waals surface area contributed by atoms with E-state index in [-0.39, 0.29) is 25.3 Å². The molecule has 0 spiro atoms. The molecular formula is C12H21N3O4. The van der Waals surface area contributed by atoms with Gasteiger partial charge in [-0.1, -0.05) is 6.92 Å². The van der Waals surface area contributed by atoms with Crippen molar-refractivity contribution in [2.24, 2.45) is 0 Å². The first-order valence-corrected chi connectivity index (χ1v) is 6.25. The molecular weight excluding hydrogens is 250 g/mol. The topological polar surface area (TPSA) is 104 Å². The molecule has 0 heterocycles. The fourth-order valence-corrected chi connectivity index (χ4v) is 1.35. The second-order valence-corrected chi connectivity index (χ2v) is 4.03. The van der Waals surface area contributed by atoms with E-state index in [1.165, 1.54) is 7.05 Å². The monoisotopic (exact) mass is 271 g/mol. The van der Waals surface area contributed by atoms with E-state index in [4.69, 9.17) is 0 Å². The summed E-state index contributed by atoms with van der Waals surface area (Å²) >= 11 is 0. The number of hydrogen-bond acceptors (Lipinski definition) is 5. The number of carbonyl (C=O) groups is 4. The number of rotatable bonds is 10. The molecule has 0 saturated carbocycles. The number of amides is 2. The number of hydrogen-bond donors (Lipinski definition) is 3. The van der Waals surface area contributed by atoms with E-state index in [0.717, 1.165) is 6.42 Å². The predicted octanol–water partition coefficient (Wildman–Crippen LogP) is -1.23. The molecule has 0 bridgehead atoms. The molecule has 19 heavy (non-hydrogen) atoms. The summed E-state index contributed by atoms with van der Waals surface area (Å²) in [4.78, 5) is 44.4. The van der Waals surface area contributed by atoms with Gasteiger partial charge in [-0.25, -0.2) is 0 Å². The fraction of sp³-hybridized carbons (Fsp3) is 0.667. The van der Waals surface area contributed by atoms with Crippen molar-refractivity contribution in [1.82, 2.24) is 16.0 Å². The molecule has 1 atom stereocenters. The SMILES string of the molecule is CCCNCC(=O)N[C@H](C=O)CCC(=O)C(=O)NC. The second kappa shape index (κ2) is 10.2. The summed E-state index contributed by atoms with van der Waals surface area (Å²) in [5.41, 5.74) is 0. The summed E-state index contributed by atoms with van der Waals surface area (Å²) < 4.78 is 0. The molecule has 0 aliphatic heterocycles. The molecule has 0 radical (unpaired) electrons. The Morgan fingerprint density at radius 2 is 1.95 bits per heavy atom. The van der Waals surface area contributed by atoms with E-state index in [1.807, 2.05) is 6.92 Å². The molecule has 0 rings (SSSR count). The summed E-state index contributed by atoms with van der Waals surface area (Å²) in [6.07, 6.45) is 1.51. The highest BCUT2D eigenvalue weighted by Crippen LogP contribution is 1.96. The Morgan fingerprint density at radius 3 is 2.47 bits per heavy atom. The highest BCUT2D eigenvalue weighted by molar-refractivity contribution is 6.36. The summed E-state index contributed by atoms with van der Waals surface area (Å²) in [6, 6.07) is -0.746. The lowest BCUT2D eigenvalue weighted by Crippen LogP contribution is -2.42. The van der Waals surface area contributed by atoms with Crippen molar-refractivity contribution >= 4 is 23.9 Å². The fourth-order valence-electron chi connectivity index (χ4n) is 1.35. The van der Waals surface area contributed by atoms with Crippen molar-refractivity contribution < 1.29 is 19.2 Å². The number of likely N-dealkylation sites (N-methyl/N-ethyl adjacent to an activating group) is 1. The van der Waals surface area contributed by atoms with Crippen molar-refractivity contribution in [3.8, 4) is 0 Å². The maximum atomic E-state index is 11.4. The quantitative estimate of drug-likeness (QED) is 0.262. The van der Waals surface area contributed by atoms with Crippen LogP contribution in [0, 0.1) is 0 Å². The maximum Gasteiger partial charge on any atom is 0.287 e. The molecule has 0 saturated heterocycles. The van der Waals surface area contributed by atoms with Crippen LogP contribution in [0.3, 0.4) is 0 Å². The van der Waals surface area contributed by atoms with Crippen molar-refractivity contribution in [1.29, 1.82) is 0 Å². The molecule has 0 aliphatic rings. The molecule has 0 aromatic carbocycles. The standard InChI is InChI=1S/C12H21N3O4/c1-3-6-14-7-11(18)15-9(8-16)4-5-10(17)12(19)13-2/h8-9,14H,3-7H2,1-2H3,(H,13,19)(H,15,18)/t9-/m0/s1. The van der Waals surface area contributed by atoms with E-state index >= 15 is 0 Å². The van der Waals surface area contributed by atoms with Crippen LogP contribution in [0.5, 0.6) is 0 Å². The van der Waals surface area contributed by atoms with Gasteiger partial charge in [0.1, 0.15) is 6.29 Å². The van der Waals surface area contributed by atoms with Crippen LogP contribution in [-0.2, 0) is 19.2 Å². The predicted molar refractivity (Wildman–Crippen MR) is 69.5 cm³/mol. The highest BCUT2D eigenvalue weighted by Gasteiger charge is 2.16. The van der Waals surface area contributed by atoms with Gasteiger partial charge in [-0.2, -0.15) is 0 Å². The first-order chi connectivity index (χ1) is 9.04. The smallest absolute Gasteiger partial charge is 0.287 e. The van der Waals surface area contributed by atoms with E-state index in [1.54, 1.807) is 0 Å². The average molecular weight is 271 g/mol. The van der Waals surface area contributed by atoms with Gasteiger partial charge in [0.2, 0.25) is 11.7 Å². The number of carbonyl (C=O) groups excluding carboxylic acids is 4. The third-order valence-corrected chi connectivity index (χ3v) is 2.39. The van der Waals surface area contributed by atoms with Gasteiger partial charge in [-0.3, -0.25) is 14.4 Å². The molecule has 0 aromatic heterocycles. The molecule has 7 heteroatoms. The lowest BCUT2D eigenvalue weighted by atomic mass is 10.1. The van der Waals surface area contributed by atoms with Crippen LogP contribution in [-0.4, -0.2) is 50.1 Å². The van der Waals surface area contributed by atoms with Crippen molar-refractivity contribution in [3.63, 3.8) is 0 Å². The third-order valence-electron chi connectivity index (χ3n) is 2.39. The zero-order chi connectivity index (χ0) is 14.7. The Kier molecular flexibility index (Phi) is 9.25. The van der Waals surface area contributed by atoms with Gasteiger partial charge in [0, 0.05) is 13.5 Å². The maximum absolute atomic E-state index is 11.4. The van der Waals surface area contributed by atoms with Crippen LogP contribution in [0.25, 0.3) is 0 Å². The van der Waals surface area contributed by atoms with Gasteiger partial charge in [-0.15, -0.1) is 0 Å². The number of ketones is 1. The van der Waals surface area contributed by atoms with Crippen molar-refractivity contribution in [3.05, 3.63) is 0 Å². The molecule has 0 fully saturated rings. The first kappa shape index (κ1) is 17.2. The number of aldehydes is 1. The molecule has 0 aromatic rings. The van der Waals surface area contributed by atoms with Gasteiger partial charge >= 0.3 is 0 Å². The third kappa shape index (κ3) is 8.04. The minimum absolute atomic E-state index is 0.0776. The van der Waals surface area contributed by atoms with E-state index in [9.17, 15) is 19.2 Å². The van der Waals surface area contributed by atoms with Gasteiger partial charge in [0.05, 0.1) is 12.6 Å². The van der Waals surface area contributed by atoms with Crippen LogP contribution in [0.15, 0.2) is 0 Å². The van der Waals surface area contributed by atoms with E-state index in [2.05, 4.69) is 16.0 Å². The Labute approximate surface area is 112 Å². The first-order valence-electron chi connectivity index (χ1n) is 6.25. The Morgan fingerprint density at radius 1 is 1.26 bits per heavy atom. The lowest BCUT2D eigenvalue weighted by molar-refractivity contribution is -0.137. The van der Waals surface area contributed by atoms with Crippen molar-refractivity contribution in [2.45, 2.75) is 32.2 Å². The van der Waals surface area contributed by atoms with E-state index < -0.39 is 17.7 Å². The lowest BCUT2D eigenvalue weighted by Gasteiger charge is -2.12. The van der Waals surface area contributed by atoms with E-state index in [0.29, 0.717) is 12.8 Å². The molecule has 7 nitrogen and oxygen atoms in total. The molecule has 3 N–H and O–H groups in total. The summed E-state index contributed by atoms with van der Waals surface area (Å²) in [7, 11) is 1.36. The minimum Gasteiger partial charge on any atom is -0.353 e. The van der Waals surface area contributed by atoms with Crippen LogP contribution in [0.2, 0.25) is 0 Å². The summed E-state index contributed by atoms with van der Waals surface area (Å²) in [5.74, 6) is -1.61. The Bertz CT molecular complexity index is 331. The van der Waals surface area contributed by atoms with Gasteiger partial charge in [0.25, 0.3) is 5.91 Å². The highest BCUT2D eigenvalue weighted by atomic mass is 16.2. The average Bonchev–Trinajstić information content (AvgIpc) is 2.42. The minimum atomic E-state index is -0.746. The van der Waals surface area contributed by atoms with Gasteiger partial charge in [-0.05, 0) is 19.4 Å². The van der Waals surface area contributed by atoms with Crippen LogP contribution < -0.4 is 16.0 Å². The van der Waals surface area contributed by atoms with Crippen LogP contribution in [0.4, 0.5) is 0 Å². The van der Waals surface area contributed by atoms with Gasteiger partial charge in [0.15, 0.2) is 0 Å². The normalized spacial score (nSPS) is 11.5. The summed E-state index contributed by atoms with van der Waals surface area (Å²) in [6.45, 7) is 2.82. The zero-order valence-electron chi connectivity index (χ0n) is 11.3. The Hall–Kier alpha value is -1.76. The van der Waals surface area contributed by atoms with Crippen LogP contribution >= 0.6 is 0 Å². The zero-order valence-corrected chi connectivity index (χ0v) is 11.3. The molecule has 2 amide bonds. The largest absolute Gasteiger partial charge is 0.353 e. The Balaban J connectivity index is 4.01. The second-order valence-electron chi connectivity index (χ2n) is 4.03. The number of nitrogens with one attached hydrogen (secondary N) is 3. The summed E-state index contributed by atoms with van der Waals surface area (Å²) in [5, 5.41) is 7.59. The van der Waals surface area contributed by atoms with Crippen molar-refractivity contribution in [2.75, 3.05) is 20.1 Å². The molecule has 108 valence electrons. The van der Waals surface area contributed by atoms with Gasteiger partial charge < -0.3 is 20.7 Å².